The SMILES string of the molecule is CCN(CC)CCc1ccc(OC)c(CN)c1. The zero-order chi connectivity index (χ0) is 12.7. The van der Waals surface area contributed by atoms with E-state index in [9.17, 15) is 0 Å². The normalized spacial score (nSPS) is 10.9. The quantitative estimate of drug-likeness (QED) is 0.787. The van der Waals surface area contributed by atoms with Gasteiger partial charge in [-0.25, -0.2) is 0 Å². The molecule has 0 heterocycles. The Kier molecular flexibility index (Phi) is 6.01. The van der Waals surface area contributed by atoms with Gasteiger partial charge >= 0.3 is 0 Å². The lowest BCUT2D eigenvalue weighted by Crippen LogP contribution is -2.25. The molecule has 0 aromatic heterocycles. The molecule has 0 aliphatic rings. The Balaban J connectivity index is 2.66. The van der Waals surface area contributed by atoms with Crippen LogP contribution < -0.4 is 10.5 Å². The molecule has 1 rings (SSSR count). The van der Waals surface area contributed by atoms with Crippen LogP contribution in [0.1, 0.15) is 25.0 Å². The Morgan fingerprint density at radius 1 is 1.24 bits per heavy atom. The largest absolute Gasteiger partial charge is 0.496 e. The van der Waals surface area contributed by atoms with Gasteiger partial charge in [0.25, 0.3) is 0 Å². The zero-order valence-electron chi connectivity index (χ0n) is 11.2. The minimum Gasteiger partial charge on any atom is -0.496 e. The summed E-state index contributed by atoms with van der Waals surface area (Å²) in [6, 6.07) is 6.30. The molecule has 0 amide bonds. The third-order valence-corrected chi connectivity index (χ3v) is 3.18. The highest BCUT2D eigenvalue weighted by atomic mass is 16.5. The lowest BCUT2D eigenvalue weighted by Gasteiger charge is -2.18. The molecule has 0 aliphatic carbocycles. The summed E-state index contributed by atoms with van der Waals surface area (Å²) in [7, 11) is 1.68. The van der Waals surface area contributed by atoms with E-state index in [-0.39, 0.29) is 0 Å². The molecule has 2 N–H and O–H groups in total. The minimum absolute atomic E-state index is 0.530. The number of methoxy groups -OCH3 is 1. The van der Waals surface area contributed by atoms with Crippen LogP contribution >= 0.6 is 0 Å². The number of ether oxygens (including phenoxy) is 1. The van der Waals surface area contributed by atoms with Crippen LogP contribution in [0.2, 0.25) is 0 Å². The Labute approximate surface area is 105 Å². The number of nitrogens with two attached hydrogens (primary N) is 1. The van der Waals surface area contributed by atoms with Crippen LogP contribution in [0.4, 0.5) is 0 Å². The van der Waals surface area contributed by atoms with E-state index in [4.69, 9.17) is 10.5 Å². The van der Waals surface area contributed by atoms with Crippen molar-refractivity contribution in [3.8, 4) is 5.75 Å². The summed E-state index contributed by atoms with van der Waals surface area (Å²) >= 11 is 0. The first-order chi connectivity index (χ1) is 8.24. The van der Waals surface area contributed by atoms with Gasteiger partial charge in [0.1, 0.15) is 5.75 Å². The van der Waals surface area contributed by atoms with Crippen LogP contribution in [-0.2, 0) is 13.0 Å². The van der Waals surface area contributed by atoms with Crippen molar-refractivity contribution in [1.82, 2.24) is 4.90 Å². The van der Waals surface area contributed by atoms with E-state index in [0.29, 0.717) is 6.54 Å². The molecule has 0 saturated heterocycles. The Morgan fingerprint density at radius 2 is 1.94 bits per heavy atom. The topological polar surface area (TPSA) is 38.5 Å². The van der Waals surface area contributed by atoms with Gasteiger partial charge in [0.2, 0.25) is 0 Å². The van der Waals surface area contributed by atoms with Crippen molar-refractivity contribution in [2.24, 2.45) is 5.73 Å². The van der Waals surface area contributed by atoms with Crippen molar-refractivity contribution in [3.05, 3.63) is 29.3 Å². The van der Waals surface area contributed by atoms with E-state index in [1.54, 1.807) is 7.11 Å². The predicted octanol–water partition coefficient (Wildman–Crippen LogP) is 2.04. The third-order valence-electron chi connectivity index (χ3n) is 3.18. The van der Waals surface area contributed by atoms with E-state index in [1.807, 2.05) is 6.07 Å². The van der Waals surface area contributed by atoms with E-state index >= 15 is 0 Å². The average Bonchev–Trinajstić information content (AvgIpc) is 2.39. The molecule has 0 spiro atoms. The first-order valence-corrected chi connectivity index (χ1v) is 6.33. The summed E-state index contributed by atoms with van der Waals surface area (Å²) in [5, 5.41) is 0. The van der Waals surface area contributed by atoms with E-state index < -0.39 is 0 Å². The van der Waals surface area contributed by atoms with Crippen LogP contribution in [0.15, 0.2) is 18.2 Å². The summed E-state index contributed by atoms with van der Waals surface area (Å²) in [5.74, 6) is 0.888. The van der Waals surface area contributed by atoms with Crippen molar-refractivity contribution in [1.29, 1.82) is 0 Å². The fourth-order valence-corrected chi connectivity index (χ4v) is 1.97. The number of nitrogens with zero attached hydrogens (tertiary/aromatic N) is 1. The second-order valence-electron chi connectivity index (χ2n) is 4.13. The first kappa shape index (κ1) is 14.0. The van der Waals surface area contributed by atoms with Gasteiger partial charge in [-0.1, -0.05) is 26.0 Å². The second-order valence-corrected chi connectivity index (χ2v) is 4.13. The smallest absolute Gasteiger partial charge is 0.123 e. The summed E-state index contributed by atoms with van der Waals surface area (Å²) < 4.78 is 5.27. The van der Waals surface area contributed by atoms with Crippen molar-refractivity contribution in [2.45, 2.75) is 26.8 Å². The minimum atomic E-state index is 0.530. The van der Waals surface area contributed by atoms with Gasteiger partial charge in [0, 0.05) is 18.7 Å². The molecule has 0 atom stereocenters. The lowest BCUT2D eigenvalue weighted by atomic mass is 10.1. The number of rotatable bonds is 7. The monoisotopic (exact) mass is 236 g/mol. The highest BCUT2D eigenvalue weighted by Crippen LogP contribution is 2.19. The van der Waals surface area contributed by atoms with Gasteiger partial charge in [-0.15, -0.1) is 0 Å². The molecular formula is C14H24N2O. The third kappa shape index (κ3) is 4.02. The van der Waals surface area contributed by atoms with Gasteiger partial charge < -0.3 is 15.4 Å². The molecule has 96 valence electrons. The standard InChI is InChI=1S/C14H24N2O/c1-4-16(5-2)9-8-12-6-7-14(17-3)13(10-12)11-15/h6-7,10H,4-5,8-9,11,15H2,1-3H3. The predicted molar refractivity (Wildman–Crippen MR) is 72.4 cm³/mol. The van der Waals surface area contributed by atoms with Gasteiger partial charge in [-0.2, -0.15) is 0 Å². The summed E-state index contributed by atoms with van der Waals surface area (Å²) in [6.45, 7) is 8.24. The molecule has 0 saturated carbocycles. The molecule has 0 unspecified atom stereocenters. The molecule has 17 heavy (non-hydrogen) atoms. The number of benzene rings is 1. The van der Waals surface area contributed by atoms with Gasteiger partial charge in [0.05, 0.1) is 7.11 Å². The molecular weight excluding hydrogens is 212 g/mol. The maximum atomic E-state index is 5.71. The van der Waals surface area contributed by atoms with Crippen molar-refractivity contribution in [3.63, 3.8) is 0 Å². The Hall–Kier alpha value is -1.06. The number of hydrogen-bond donors (Lipinski definition) is 1. The van der Waals surface area contributed by atoms with Crippen molar-refractivity contribution >= 4 is 0 Å². The van der Waals surface area contributed by atoms with Crippen LogP contribution in [0.5, 0.6) is 5.75 Å². The maximum absolute atomic E-state index is 5.71. The van der Waals surface area contributed by atoms with Crippen LogP contribution in [0.3, 0.4) is 0 Å². The Morgan fingerprint density at radius 3 is 2.47 bits per heavy atom. The number of likely N-dealkylation sites (N-methyl/N-ethyl adjacent to an activating group) is 1. The van der Waals surface area contributed by atoms with Crippen LogP contribution in [0, 0.1) is 0 Å². The van der Waals surface area contributed by atoms with Gasteiger partial charge in [-0.3, -0.25) is 0 Å². The van der Waals surface area contributed by atoms with E-state index in [0.717, 1.165) is 37.4 Å². The molecule has 0 radical (unpaired) electrons. The molecule has 3 heteroatoms. The molecule has 0 fully saturated rings. The van der Waals surface area contributed by atoms with Gasteiger partial charge in [-0.05, 0) is 31.1 Å². The molecule has 0 bridgehead atoms. The van der Waals surface area contributed by atoms with Crippen LogP contribution in [0.25, 0.3) is 0 Å². The summed E-state index contributed by atoms with van der Waals surface area (Å²) in [6.07, 6.45) is 1.07. The van der Waals surface area contributed by atoms with Crippen LogP contribution in [-0.4, -0.2) is 31.6 Å². The second kappa shape index (κ2) is 7.30. The zero-order valence-corrected chi connectivity index (χ0v) is 11.2. The average molecular weight is 236 g/mol. The highest BCUT2D eigenvalue weighted by molar-refractivity contribution is 5.37. The van der Waals surface area contributed by atoms with Crippen molar-refractivity contribution in [2.75, 3.05) is 26.7 Å². The molecule has 1 aromatic carbocycles. The maximum Gasteiger partial charge on any atom is 0.123 e. The highest BCUT2D eigenvalue weighted by Gasteiger charge is 2.04. The fraction of sp³-hybridized carbons (Fsp3) is 0.571. The molecule has 3 nitrogen and oxygen atoms in total. The van der Waals surface area contributed by atoms with Crippen molar-refractivity contribution < 1.29 is 4.74 Å². The summed E-state index contributed by atoms with van der Waals surface area (Å²) in [5.41, 5.74) is 8.13. The lowest BCUT2D eigenvalue weighted by molar-refractivity contribution is 0.308. The summed E-state index contributed by atoms with van der Waals surface area (Å²) in [4.78, 5) is 2.42. The van der Waals surface area contributed by atoms with E-state index in [1.165, 1.54) is 5.56 Å². The Bertz CT molecular complexity index is 335. The van der Waals surface area contributed by atoms with E-state index in [2.05, 4.69) is 30.9 Å². The van der Waals surface area contributed by atoms with Gasteiger partial charge in [0.15, 0.2) is 0 Å². The first-order valence-electron chi connectivity index (χ1n) is 6.33. The molecule has 0 aliphatic heterocycles. The molecule has 1 aromatic rings. The fourth-order valence-electron chi connectivity index (χ4n) is 1.97. The number of hydrogen-bond acceptors (Lipinski definition) is 3.